The zero-order valence-electron chi connectivity index (χ0n) is 11.3. The molecule has 1 saturated heterocycles. The molecule has 4 aliphatic carbocycles. The second kappa shape index (κ2) is 3.97. The summed E-state index contributed by atoms with van der Waals surface area (Å²) < 4.78 is 0. The van der Waals surface area contributed by atoms with E-state index in [-0.39, 0.29) is 23.3 Å². The van der Waals surface area contributed by atoms with Gasteiger partial charge in [-0.15, -0.1) is 0 Å². The summed E-state index contributed by atoms with van der Waals surface area (Å²) in [7, 11) is 0. The van der Waals surface area contributed by atoms with Crippen LogP contribution in [0.25, 0.3) is 0 Å². The molecule has 0 aromatic rings. The van der Waals surface area contributed by atoms with Gasteiger partial charge in [0.25, 0.3) is 0 Å². The van der Waals surface area contributed by atoms with E-state index in [2.05, 4.69) is 10.6 Å². The summed E-state index contributed by atoms with van der Waals surface area (Å²) in [6.45, 7) is 0.699. The van der Waals surface area contributed by atoms with Crippen molar-refractivity contribution in [2.24, 2.45) is 23.2 Å². The molecule has 4 heteroatoms. The molecule has 0 unspecified atom stereocenters. The van der Waals surface area contributed by atoms with E-state index in [1.165, 1.54) is 19.3 Å². The minimum Gasteiger partial charge on any atom is -0.354 e. The lowest BCUT2D eigenvalue weighted by atomic mass is 9.49. The maximum Gasteiger partial charge on any atom is 0.242 e. The largest absolute Gasteiger partial charge is 0.354 e. The summed E-state index contributed by atoms with van der Waals surface area (Å²) in [5, 5.41) is 5.83. The number of hydrogen-bond donors (Lipinski definition) is 2. The Morgan fingerprint density at radius 2 is 1.68 bits per heavy atom. The molecule has 104 valence electrons. The Balaban J connectivity index is 1.51. The van der Waals surface area contributed by atoms with Crippen LogP contribution < -0.4 is 10.6 Å². The van der Waals surface area contributed by atoms with Crippen LogP contribution in [0.2, 0.25) is 0 Å². The minimum absolute atomic E-state index is 0.00178. The van der Waals surface area contributed by atoms with Crippen molar-refractivity contribution in [2.45, 2.75) is 51.0 Å². The van der Waals surface area contributed by atoms with E-state index < -0.39 is 0 Å². The summed E-state index contributed by atoms with van der Waals surface area (Å²) in [6.07, 6.45) is 7.98. The van der Waals surface area contributed by atoms with E-state index in [0.29, 0.717) is 6.54 Å². The van der Waals surface area contributed by atoms with Crippen molar-refractivity contribution in [1.29, 1.82) is 0 Å². The quantitative estimate of drug-likeness (QED) is 0.786. The average Bonchev–Trinajstić information content (AvgIpc) is 2.73. The molecule has 1 heterocycles. The molecule has 19 heavy (non-hydrogen) atoms. The van der Waals surface area contributed by atoms with Gasteiger partial charge in [0, 0.05) is 12.0 Å². The fourth-order valence-electron chi connectivity index (χ4n) is 5.43. The van der Waals surface area contributed by atoms with Crippen molar-refractivity contribution in [3.63, 3.8) is 0 Å². The predicted molar refractivity (Wildman–Crippen MR) is 70.2 cm³/mol. The topological polar surface area (TPSA) is 58.2 Å². The number of amides is 2. The molecule has 0 aromatic carbocycles. The van der Waals surface area contributed by atoms with Gasteiger partial charge in [-0.2, -0.15) is 0 Å². The van der Waals surface area contributed by atoms with Gasteiger partial charge in [-0.3, -0.25) is 9.59 Å². The molecule has 1 aliphatic heterocycles. The molecule has 0 spiro atoms. The molecule has 5 aliphatic rings. The van der Waals surface area contributed by atoms with Crippen LogP contribution in [0.3, 0.4) is 0 Å². The summed E-state index contributed by atoms with van der Waals surface area (Å²) in [5.74, 6) is 2.49. The van der Waals surface area contributed by atoms with Crippen molar-refractivity contribution < 1.29 is 9.59 Å². The van der Waals surface area contributed by atoms with Crippen LogP contribution in [0, 0.1) is 23.2 Å². The van der Waals surface area contributed by atoms with E-state index in [4.69, 9.17) is 0 Å². The highest BCUT2D eigenvalue weighted by Gasteiger charge is 2.55. The zero-order valence-corrected chi connectivity index (χ0v) is 11.3. The second-order valence-electron chi connectivity index (χ2n) is 7.30. The highest BCUT2D eigenvalue weighted by atomic mass is 16.2. The Bertz CT molecular complexity index is 397. The number of carbonyl (C=O) groups is 2. The number of carbonyl (C=O) groups excluding carboxylic acids is 2. The van der Waals surface area contributed by atoms with Crippen LogP contribution in [0.1, 0.15) is 44.9 Å². The lowest BCUT2D eigenvalue weighted by Crippen LogP contribution is -2.56. The minimum atomic E-state index is -0.277. The number of hydrogen-bond acceptors (Lipinski definition) is 2. The maximum atomic E-state index is 12.7. The third kappa shape index (κ3) is 1.79. The lowest BCUT2D eigenvalue weighted by Gasteiger charge is -2.55. The van der Waals surface area contributed by atoms with E-state index >= 15 is 0 Å². The monoisotopic (exact) mass is 262 g/mol. The van der Waals surface area contributed by atoms with E-state index in [9.17, 15) is 9.59 Å². The Morgan fingerprint density at radius 3 is 2.16 bits per heavy atom. The first-order valence-corrected chi connectivity index (χ1v) is 7.73. The van der Waals surface area contributed by atoms with E-state index in [1.807, 2.05) is 0 Å². The van der Waals surface area contributed by atoms with Crippen LogP contribution in [-0.4, -0.2) is 24.4 Å². The molecule has 0 radical (unpaired) electrons. The fraction of sp³-hybridized carbons (Fsp3) is 0.867. The fourth-order valence-corrected chi connectivity index (χ4v) is 5.43. The standard InChI is InChI=1S/C15H22N2O2/c18-13-12(1-2-16-13)17-14(19)15-6-9-3-10(7-15)5-11(4-9)8-15/h9-12H,1-8H2,(H,16,18)(H,17,19)/t9?,10?,11?,12-,15?/m0/s1. The molecule has 4 nitrogen and oxygen atoms in total. The third-order valence-electron chi connectivity index (χ3n) is 5.87. The summed E-state index contributed by atoms with van der Waals surface area (Å²) in [5.41, 5.74) is -0.127. The SMILES string of the molecule is O=C1NCC[C@@H]1NC(=O)C12CC3CC(CC(C3)C1)C2. The number of nitrogens with one attached hydrogen (secondary N) is 2. The summed E-state index contributed by atoms with van der Waals surface area (Å²) in [4.78, 5) is 24.3. The van der Waals surface area contributed by atoms with Crippen molar-refractivity contribution in [2.75, 3.05) is 6.54 Å². The van der Waals surface area contributed by atoms with Crippen molar-refractivity contribution in [3.05, 3.63) is 0 Å². The van der Waals surface area contributed by atoms with Gasteiger partial charge in [-0.1, -0.05) is 0 Å². The van der Waals surface area contributed by atoms with E-state index in [1.54, 1.807) is 0 Å². The lowest BCUT2D eigenvalue weighted by molar-refractivity contribution is -0.148. The van der Waals surface area contributed by atoms with Crippen molar-refractivity contribution in [1.82, 2.24) is 10.6 Å². The molecule has 2 N–H and O–H groups in total. The van der Waals surface area contributed by atoms with Gasteiger partial charge in [-0.25, -0.2) is 0 Å². The normalized spacial score (nSPS) is 47.3. The molecule has 5 rings (SSSR count). The van der Waals surface area contributed by atoms with Gasteiger partial charge in [-0.05, 0) is 62.7 Å². The first kappa shape index (κ1) is 11.7. The number of rotatable bonds is 2. The van der Waals surface area contributed by atoms with Crippen molar-refractivity contribution in [3.8, 4) is 0 Å². The predicted octanol–water partition coefficient (Wildman–Crippen LogP) is 1.21. The van der Waals surface area contributed by atoms with E-state index in [0.717, 1.165) is 43.4 Å². The zero-order chi connectivity index (χ0) is 13.0. The highest BCUT2D eigenvalue weighted by Crippen LogP contribution is 2.60. The van der Waals surface area contributed by atoms with Gasteiger partial charge in [0.2, 0.25) is 11.8 Å². The second-order valence-corrected chi connectivity index (χ2v) is 7.30. The summed E-state index contributed by atoms with van der Waals surface area (Å²) in [6, 6.07) is -0.277. The molecule has 1 atom stereocenters. The van der Waals surface area contributed by atoms with Gasteiger partial charge in [0.05, 0.1) is 0 Å². The van der Waals surface area contributed by atoms with Crippen LogP contribution >= 0.6 is 0 Å². The molecule has 0 aromatic heterocycles. The van der Waals surface area contributed by atoms with Crippen LogP contribution in [-0.2, 0) is 9.59 Å². The Morgan fingerprint density at radius 1 is 1.11 bits per heavy atom. The van der Waals surface area contributed by atoms with Crippen LogP contribution in [0.4, 0.5) is 0 Å². The Kier molecular flexibility index (Phi) is 2.45. The van der Waals surface area contributed by atoms with Gasteiger partial charge >= 0.3 is 0 Å². The Hall–Kier alpha value is -1.06. The molecule has 4 saturated carbocycles. The molecule has 2 amide bonds. The van der Waals surface area contributed by atoms with Crippen LogP contribution in [0.5, 0.6) is 0 Å². The third-order valence-corrected chi connectivity index (χ3v) is 5.87. The first-order chi connectivity index (χ1) is 9.14. The van der Waals surface area contributed by atoms with Gasteiger partial charge in [0.1, 0.15) is 6.04 Å². The smallest absolute Gasteiger partial charge is 0.242 e. The van der Waals surface area contributed by atoms with Crippen molar-refractivity contribution >= 4 is 11.8 Å². The highest BCUT2D eigenvalue weighted by molar-refractivity contribution is 5.91. The van der Waals surface area contributed by atoms with Gasteiger partial charge in [0.15, 0.2) is 0 Å². The molecule has 4 bridgehead atoms. The van der Waals surface area contributed by atoms with Gasteiger partial charge < -0.3 is 10.6 Å². The Labute approximate surface area is 113 Å². The van der Waals surface area contributed by atoms with Crippen LogP contribution in [0.15, 0.2) is 0 Å². The molecular formula is C15H22N2O2. The average molecular weight is 262 g/mol. The molecule has 5 fully saturated rings. The maximum absolute atomic E-state index is 12.7. The summed E-state index contributed by atoms with van der Waals surface area (Å²) >= 11 is 0. The first-order valence-electron chi connectivity index (χ1n) is 7.73. The molecular weight excluding hydrogens is 240 g/mol.